The summed E-state index contributed by atoms with van der Waals surface area (Å²) in [6, 6.07) is 15.4. The lowest BCUT2D eigenvalue weighted by Crippen LogP contribution is -2.20. The highest BCUT2D eigenvalue weighted by Crippen LogP contribution is 2.34. The number of rotatable bonds is 5. The molecule has 0 atom stereocenters. The zero-order valence-electron chi connectivity index (χ0n) is 14.2. The summed E-state index contributed by atoms with van der Waals surface area (Å²) in [7, 11) is 0. The Kier molecular flexibility index (Phi) is 4.66. The number of aromatic nitrogens is 2. The Morgan fingerprint density at radius 3 is 2.59 bits per heavy atom. The highest BCUT2D eigenvalue weighted by atomic mass is 32.1. The molecule has 4 rings (SSSR count). The number of nitrogens with one attached hydrogen (secondary N) is 1. The number of benzene rings is 1. The first-order valence-electron chi connectivity index (χ1n) is 8.03. The number of nitrogens with zero attached hydrogens (tertiary/aromatic N) is 3. The monoisotopic (exact) mass is 393 g/mol. The van der Waals surface area contributed by atoms with Gasteiger partial charge in [0.1, 0.15) is 11.2 Å². The summed E-state index contributed by atoms with van der Waals surface area (Å²) in [4.78, 5) is 22.4. The van der Waals surface area contributed by atoms with Crippen molar-refractivity contribution in [1.82, 2.24) is 9.97 Å². The molecule has 0 fully saturated rings. The smallest absolute Gasteiger partial charge is 0.158 e. The molecule has 0 aliphatic heterocycles. The van der Waals surface area contributed by atoms with Gasteiger partial charge in [-0.05, 0) is 30.7 Å². The minimum absolute atomic E-state index is 0.175. The number of carbonyl (C=O) groups excluding carboxylic acids is 1. The number of carboxylic acid groups (broad SMARTS) is 1. The van der Waals surface area contributed by atoms with Crippen LogP contribution in [0.1, 0.15) is 21.5 Å². The average molecular weight is 393 g/mol. The summed E-state index contributed by atoms with van der Waals surface area (Å²) in [6.45, 7) is 1.80. The molecule has 134 valence electrons. The number of thiophene rings is 2. The first-order chi connectivity index (χ1) is 13.1. The van der Waals surface area contributed by atoms with Crippen LogP contribution >= 0.6 is 22.7 Å². The number of carbonyl (C=O) groups is 1. The molecule has 0 saturated heterocycles. The minimum Gasteiger partial charge on any atom is -0.544 e. The minimum atomic E-state index is -1.18. The third-order valence-electron chi connectivity index (χ3n) is 3.88. The van der Waals surface area contributed by atoms with Gasteiger partial charge in [0.15, 0.2) is 5.82 Å². The second-order valence-electron chi connectivity index (χ2n) is 5.68. The van der Waals surface area contributed by atoms with Gasteiger partial charge in [0.05, 0.1) is 26.8 Å². The fourth-order valence-corrected chi connectivity index (χ4v) is 4.31. The second-order valence-corrected chi connectivity index (χ2v) is 7.79. The van der Waals surface area contributed by atoms with E-state index in [0.717, 1.165) is 36.9 Å². The summed E-state index contributed by atoms with van der Waals surface area (Å²) < 4.78 is 0. The maximum absolute atomic E-state index is 10.9. The van der Waals surface area contributed by atoms with Crippen LogP contribution in [0.5, 0.6) is 0 Å². The molecule has 3 heterocycles. The lowest BCUT2D eigenvalue weighted by molar-refractivity contribution is -0.254. The fraction of sp³-hybridized carbons (Fsp3) is 0.0526. The zero-order chi connectivity index (χ0) is 18.8. The molecule has 0 spiro atoms. The van der Waals surface area contributed by atoms with Crippen LogP contribution in [-0.4, -0.2) is 21.6 Å². The molecular formula is C19H13N4O2S2-. The Balaban J connectivity index is 1.63. The van der Waals surface area contributed by atoms with Crippen LogP contribution < -0.4 is 10.5 Å². The summed E-state index contributed by atoms with van der Waals surface area (Å²) in [6.07, 6.45) is 1.50. The average Bonchev–Trinajstić information content (AvgIpc) is 3.34. The van der Waals surface area contributed by atoms with E-state index in [1.165, 1.54) is 12.4 Å². The molecule has 0 saturated carbocycles. The molecule has 27 heavy (non-hydrogen) atoms. The highest BCUT2D eigenvalue weighted by molar-refractivity contribution is 7.21. The van der Waals surface area contributed by atoms with E-state index in [9.17, 15) is 9.90 Å². The normalized spacial score (nSPS) is 11.7. The molecule has 1 aromatic carbocycles. The fourth-order valence-electron chi connectivity index (χ4n) is 2.52. The van der Waals surface area contributed by atoms with E-state index in [0.29, 0.717) is 11.5 Å². The molecule has 4 aromatic rings. The molecule has 0 aliphatic carbocycles. The molecule has 0 unspecified atom stereocenters. The van der Waals surface area contributed by atoms with Crippen LogP contribution in [0.3, 0.4) is 0 Å². The van der Waals surface area contributed by atoms with E-state index in [2.05, 4.69) is 32.6 Å². The van der Waals surface area contributed by atoms with Gasteiger partial charge < -0.3 is 9.90 Å². The second kappa shape index (κ2) is 7.26. The number of aromatic carboxylic acids is 1. The molecular weight excluding hydrogens is 380 g/mol. The molecule has 0 aliphatic rings. The van der Waals surface area contributed by atoms with Gasteiger partial charge in [0, 0.05) is 4.88 Å². The lowest BCUT2D eigenvalue weighted by atomic mass is 10.2. The van der Waals surface area contributed by atoms with Crippen molar-refractivity contribution in [2.24, 2.45) is 5.10 Å². The van der Waals surface area contributed by atoms with Crippen molar-refractivity contribution in [1.29, 1.82) is 0 Å². The standard InChI is InChI=1S/C19H14N4O2S2/c1-11(14-7-8-15(26-14)19(24)25)22-23-17-13-9-16(12-5-3-2-4-6-12)27-18(13)21-10-20-17/h2-10H,1H3,(H,24,25)(H,20,21,23)/p-1/b22-11-. The summed E-state index contributed by atoms with van der Waals surface area (Å²) in [5.74, 6) is -0.578. The first-order valence-corrected chi connectivity index (χ1v) is 9.67. The number of anilines is 1. The number of hydrazone groups is 1. The van der Waals surface area contributed by atoms with Gasteiger partial charge >= 0.3 is 0 Å². The number of hydrogen-bond acceptors (Lipinski definition) is 8. The maximum atomic E-state index is 10.9. The first kappa shape index (κ1) is 17.3. The van der Waals surface area contributed by atoms with Crippen molar-refractivity contribution >= 4 is 50.4 Å². The van der Waals surface area contributed by atoms with Gasteiger partial charge in [0.25, 0.3) is 0 Å². The zero-order valence-corrected chi connectivity index (χ0v) is 15.8. The van der Waals surface area contributed by atoms with Crippen LogP contribution in [0.15, 0.2) is 60.0 Å². The Morgan fingerprint density at radius 1 is 1.07 bits per heavy atom. The third-order valence-corrected chi connectivity index (χ3v) is 6.15. The Labute approximate surface area is 162 Å². The van der Waals surface area contributed by atoms with E-state index in [1.54, 1.807) is 24.3 Å². The summed E-state index contributed by atoms with van der Waals surface area (Å²) >= 11 is 2.72. The van der Waals surface area contributed by atoms with E-state index < -0.39 is 5.97 Å². The molecule has 1 N–H and O–H groups in total. The van der Waals surface area contributed by atoms with Gasteiger partial charge in [-0.25, -0.2) is 9.97 Å². The van der Waals surface area contributed by atoms with Crippen molar-refractivity contribution in [3.8, 4) is 10.4 Å². The largest absolute Gasteiger partial charge is 0.544 e. The summed E-state index contributed by atoms with van der Waals surface area (Å²) in [5, 5.41) is 16.1. The SMILES string of the molecule is C/C(=N/Nc1ncnc2sc(-c3ccccc3)cc12)c1ccc(C(=O)[O-])s1. The van der Waals surface area contributed by atoms with Crippen LogP contribution in [0, 0.1) is 0 Å². The quantitative estimate of drug-likeness (QED) is 0.413. The lowest BCUT2D eigenvalue weighted by Gasteiger charge is -2.02. The van der Waals surface area contributed by atoms with Crippen molar-refractivity contribution < 1.29 is 9.90 Å². The van der Waals surface area contributed by atoms with E-state index in [1.807, 2.05) is 24.3 Å². The molecule has 0 radical (unpaired) electrons. The Hall–Kier alpha value is -3.10. The topological polar surface area (TPSA) is 90.3 Å². The predicted octanol–water partition coefficient (Wildman–Crippen LogP) is 3.62. The van der Waals surface area contributed by atoms with E-state index in [-0.39, 0.29) is 4.88 Å². The molecule has 8 heteroatoms. The van der Waals surface area contributed by atoms with Crippen LogP contribution in [0.2, 0.25) is 0 Å². The van der Waals surface area contributed by atoms with Crippen LogP contribution in [-0.2, 0) is 0 Å². The number of hydrogen-bond donors (Lipinski definition) is 1. The van der Waals surface area contributed by atoms with Crippen LogP contribution in [0.25, 0.3) is 20.7 Å². The predicted molar refractivity (Wildman–Crippen MR) is 107 cm³/mol. The molecule has 0 amide bonds. The number of fused-ring (bicyclic) bond motifs is 1. The maximum Gasteiger partial charge on any atom is 0.158 e. The van der Waals surface area contributed by atoms with Crippen molar-refractivity contribution in [2.75, 3.05) is 5.43 Å². The molecule has 0 bridgehead atoms. The molecule has 6 nitrogen and oxygen atoms in total. The third kappa shape index (κ3) is 3.57. The molecule has 3 aromatic heterocycles. The summed E-state index contributed by atoms with van der Waals surface area (Å²) in [5.41, 5.74) is 4.77. The van der Waals surface area contributed by atoms with E-state index >= 15 is 0 Å². The van der Waals surface area contributed by atoms with Gasteiger partial charge in [-0.2, -0.15) is 5.10 Å². The van der Waals surface area contributed by atoms with E-state index in [4.69, 9.17) is 0 Å². The number of carboxylic acids is 1. The van der Waals surface area contributed by atoms with Gasteiger partial charge in [-0.3, -0.25) is 5.43 Å². The van der Waals surface area contributed by atoms with Crippen molar-refractivity contribution in [2.45, 2.75) is 6.92 Å². The highest BCUT2D eigenvalue weighted by Gasteiger charge is 2.10. The van der Waals surface area contributed by atoms with Crippen LogP contribution in [0.4, 0.5) is 5.82 Å². The Morgan fingerprint density at radius 2 is 1.85 bits per heavy atom. The van der Waals surface area contributed by atoms with Crippen molar-refractivity contribution in [3.05, 3.63) is 64.6 Å². The Bertz CT molecular complexity index is 1150. The van der Waals surface area contributed by atoms with Gasteiger partial charge in [-0.1, -0.05) is 30.3 Å². The van der Waals surface area contributed by atoms with Gasteiger partial charge in [0.2, 0.25) is 0 Å². The van der Waals surface area contributed by atoms with Crippen molar-refractivity contribution in [3.63, 3.8) is 0 Å². The van der Waals surface area contributed by atoms with Gasteiger partial charge in [-0.15, -0.1) is 22.7 Å².